The summed E-state index contributed by atoms with van der Waals surface area (Å²) < 4.78 is 10.6. The first-order valence-electron chi connectivity index (χ1n) is 10.5. The summed E-state index contributed by atoms with van der Waals surface area (Å²) in [6.07, 6.45) is 9.47. The summed E-state index contributed by atoms with van der Waals surface area (Å²) in [7, 11) is 3.20. The third-order valence-electron chi connectivity index (χ3n) is 6.90. The zero-order valence-electron chi connectivity index (χ0n) is 17.0. The SMILES string of the molecule is COc1ccc(C(=O)NC2CCN(C3C4CCCC3CCC4)C2)c(OC)c1.Cl. The highest BCUT2D eigenvalue weighted by molar-refractivity contribution is 5.97. The molecular weight excluding hydrogens is 376 g/mol. The molecule has 1 atom stereocenters. The molecular formula is C22H33ClN2O3. The van der Waals surface area contributed by atoms with E-state index in [-0.39, 0.29) is 24.4 Å². The van der Waals surface area contributed by atoms with Crippen molar-refractivity contribution < 1.29 is 14.3 Å². The number of rotatable bonds is 5. The Labute approximate surface area is 174 Å². The molecule has 1 aromatic rings. The molecule has 6 heteroatoms. The van der Waals surface area contributed by atoms with Crippen molar-refractivity contribution in [2.24, 2.45) is 11.8 Å². The molecule has 1 unspecified atom stereocenters. The molecule has 1 heterocycles. The number of carbonyl (C=O) groups excluding carboxylic acids is 1. The first-order valence-corrected chi connectivity index (χ1v) is 10.5. The normalized spacial score (nSPS) is 29.6. The molecule has 1 aromatic carbocycles. The standard InChI is InChI=1S/C22H32N2O3.ClH/c1-26-18-9-10-19(20(13-18)27-2)22(25)23-17-11-12-24(14-17)21-15-5-3-6-16(21)8-4-7-15;/h9-10,13,15-17,21H,3-8,11-12,14H2,1-2H3,(H,23,25);1H. The molecule has 1 aliphatic heterocycles. The van der Waals surface area contributed by atoms with Crippen LogP contribution in [-0.4, -0.2) is 50.2 Å². The predicted octanol–water partition coefficient (Wildman–Crippen LogP) is 3.90. The molecule has 2 saturated carbocycles. The lowest BCUT2D eigenvalue weighted by Crippen LogP contribution is -2.50. The molecule has 1 N–H and O–H groups in total. The van der Waals surface area contributed by atoms with Gasteiger partial charge in [-0.1, -0.05) is 12.8 Å². The lowest BCUT2D eigenvalue weighted by molar-refractivity contribution is 0.0346. The first kappa shape index (κ1) is 21.3. The van der Waals surface area contributed by atoms with Gasteiger partial charge in [-0.15, -0.1) is 12.4 Å². The molecule has 2 aliphatic carbocycles. The minimum Gasteiger partial charge on any atom is -0.497 e. The fourth-order valence-electron chi connectivity index (χ4n) is 5.66. The number of fused-ring (bicyclic) bond motifs is 2. The number of hydrogen-bond acceptors (Lipinski definition) is 4. The third-order valence-corrected chi connectivity index (χ3v) is 6.90. The fraction of sp³-hybridized carbons (Fsp3) is 0.682. The second-order valence-electron chi connectivity index (χ2n) is 8.39. The zero-order valence-corrected chi connectivity index (χ0v) is 17.8. The molecule has 3 aliphatic rings. The van der Waals surface area contributed by atoms with Crippen molar-refractivity contribution in [3.8, 4) is 11.5 Å². The topological polar surface area (TPSA) is 50.8 Å². The molecule has 156 valence electrons. The number of amides is 1. The van der Waals surface area contributed by atoms with Gasteiger partial charge in [0.2, 0.25) is 0 Å². The fourth-order valence-corrected chi connectivity index (χ4v) is 5.66. The van der Waals surface area contributed by atoms with Crippen molar-refractivity contribution in [3.63, 3.8) is 0 Å². The van der Waals surface area contributed by atoms with Gasteiger partial charge in [0.25, 0.3) is 5.91 Å². The number of ether oxygens (including phenoxy) is 2. The van der Waals surface area contributed by atoms with Crippen molar-refractivity contribution in [2.45, 2.75) is 57.0 Å². The van der Waals surface area contributed by atoms with Gasteiger partial charge in [0.15, 0.2) is 0 Å². The van der Waals surface area contributed by atoms with Crippen molar-refractivity contribution in [3.05, 3.63) is 23.8 Å². The number of likely N-dealkylation sites (tertiary alicyclic amines) is 1. The molecule has 0 radical (unpaired) electrons. The molecule has 1 amide bonds. The van der Waals surface area contributed by atoms with Crippen LogP contribution in [0.25, 0.3) is 0 Å². The van der Waals surface area contributed by atoms with Crippen LogP contribution in [0.4, 0.5) is 0 Å². The zero-order chi connectivity index (χ0) is 18.8. The number of hydrogen-bond donors (Lipinski definition) is 1. The maximum absolute atomic E-state index is 12.8. The smallest absolute Gasteiger partial charge is 0.255 e. The minimum absolute atomic E-state index is 0. The molecule has 5 nitrogen and oxygen atoms in total. The van der Waals surface area contributed by atoms with Crippen molar-refractivity contribution in [1.82, 2.24) is 10.2 Å². The van der Waals surface area contributed by atoms with Crippen LogP contribution in [0, 0.1) is 11.8 Å². The predicted molar refractivity (Wildman–Crippen MR) is 113 cm³/mol. The monoisotopic (exact) mass is 408 g/mol. The number of methoxy groups -OCH3 is 2. The number of benzene rings is 1. The Morgan fingerprint density at radius 3 is 2.32 bits per heavy atom. The van der Waals surface area contributed by atoms with Crippen molar-refractivity contribution in [2.75, 3.05) is 27.3 Å². The van der Waals surface area contributed by atoms with E-state index in [2.05, 4.69) is 10.2 Å². The Morgan fingerprint density at radius 2 is 1.71 bits per heavy atom. The highest BCUT2D eigenvalue weighted by atomic mass is 35.5. The Morgan fingerprint density at radius 1 is 1.04 bits per heavy atom. The van der Waals surface area contributed by atoms with E-state index in [0.29, 0.717) is 17.1 Å². The van der Waals surface area contributed by atoms with Gasteiger partial charge < -0.3 is 14.8 Å². The Kier molecular flexibility index (Phi) is 7.10. The summed E-state index contributed by atoms with van der Waals surface area (Å²) in [5, 5.41) is 3.24. The third kappa shape index (κ3) is 4.25. The summed E-state index contributed by atoms with van der Waals surface area (Å²) in [5.41, 5.74) is 0.575. The van der Waals surface area contributed by atoms with Crippen LogP contribution in [0.5, 0.6) is 11.5 Å². The van der Waals surface area contributed by atoms with Gasteiger partial charge in [-0.3, -0.25) is 9.69 Å². The van der Waals surface area contributed by atoms with Crippen LogP contribution >= 0.6 is 12.4 Å². The minimum atomic E-state index is -0.0507. The maximum Gasteiger partial charge on any atom is 0.255 e. The van der Waals surface area contributed by atoms with E-state index in [4.69, 9.17) is 9.47 Å². The second-order valence-corrected chi connectivity index (χ2v) is 8.39. The van der Waals surface area contributed by atoms with Crippen LogP contribution in [0.15, 0.2) is 18.2 Å². The quantitative estimate of drug-likeness (QED) is 0.802. The van der Waals surface area contributed by atoms with Gasteiger partial charge in [0.05, 0.1) is 19.8 Å². The van der Waals surface area contributed by atoms with Crippen LogP contribution in [0.1, 0.15) is 55.3 Å². The lowest BCUT2D eigenvalue weighted by Gasteiger charge is -2.47. The Bertz CT molecular complexity index is 662. The number of halogens is 1. The highest BCUT2D eigenvalue weighted by Crippen LogP contribution is 2.43. The van der Waals surface area contributed by atoms with E-state index in [1.54, 1.807) is 26.4 Å². The van der Waals surface area contributed by atoms with Gasteiger partial charge >= 0.3 is 0 Å². The van der Waals surface area contributed by atoms with Gasteiger partial charge in [-0.25, -0.2) is 0 Å². The maximum atomic E-state index is 12.8. The lowest BCUT2D eigenvalue weighted by atomic mass is 9.68. The van der Waals surface area contributed by atoms with Crippen LogP contribution in [0.2, 0.25) is 0 Å². The summed E-state index contributed by atoms with van der Waals surface area (Å²) >= 11 is 0. The van der Waals surface area contributed by atoms with E-state index in [1.165, 1.54) is 38.5 Å². The van der Waals surface area contributed by atoms with Crippen molar-refractivity contribution >= 4 is 18.3 Å². The molecule has 2 bridgehead atoms. The van der Waals surface area contributed by atoms with E-state index in [0.717, 1.165) is 37.4 Å². The Balaban J connectivity index is 0.00000225. The van der Waals surface area contributed by atoms with Gasteiger partial charge in [-0.05, 0) is 56.1 Å². The molecule has 1 saturated heterocycles. The van der Waals surface area contributed by atoms with Crippen LogP contribution in [0.3, 0.4) is 0 Å². The van der Waals surface area contributed by atoms with Gasteiger partial charge in [-0.2, -0.15) is 0 Å². The Hall–Kier alpha value is -1.46. The van der Waals surface area contributed by atoms with Crippen LogP contribution in [-0.2, 0) is 0 Å². The first-order chi connectivity index (χ1) is 13.2. The number of carbonyl (C=O) groups is 1. The largest absolute Gasteiger partial charge is 0.497 e. The number of nitrogens with zero attached hydrogens (tertiary/aromatic N) is 1. The summed E-state index contributed by atoms with van der Waals surface area (Å²) in [5.74, 6) is 2.97. The molecule has 28 heavy (non-hydrogen) atoms. The van der Waals surface area contributed by atoms with E-state index in [1.807, 2.05) is 6.07 Å². The molecule has 0 spiro atoms. The second kappa shape index (κ2) is 9.36. The summed E-state index contributed by atoms with van der Waals surface area (Å²) in [4.78, 5) is 15.5. The van der Waals surface area contributed by atoms with E-state index >= 15 is 0 Å². The average molecular weight is 409 g/mol. The molecule has 3 fully saturated rings. The van der Waals surface area contributed by atoms with Crippen LogP contribution < -0.4 is 14.8 Å². The van der Waals surface area contributed by atoms with E-state index < -0.39 is 0 Å². The average Bonchev–Trinajstić information content (AvgIpc) is 3.14. The van der Waals surface area contributed by atoms with Crippen molar-refractivity contribution in [1.29, 1.82) is 0 Å². The highest BCUT2D eigenvalue weighted by Gasteiger charge is 2.42. The summed E-state index contributed by atoms with van der Waals surface area (Å²) in [6.45, 7) is 2.10. The van der Waals surface area contributed by atoms with Gasteiger partial charge in [0, 0.05) is 31.2 Å². The molecule has 0 aromatic heterocycles. The number of nitrogens with one attached hydrogen (secondary N) is 1. The van der Waals surface area contributed by atoms with Gasteiger partial charge in [0.1, 0.15) is 11.5 Å². The molecule has 4 rings (SSSR count). The summed E-state index contributed by atoms with van der Waals surface area (Å²) in [6, 6.07) is 6.34. The van der Waals surface area contributed by atoms with E-state index in [9.17, 15) is 4.79 Å².